The molecule has 0 bridgehead atoms. The van der Waals surface area contributed by atoms with E-state index >= 15 is 0 Å². The van der Waals surface area contributed by atoms with E-state index < -0.39 is 10.0 Å². The van der Waals surface area contributed by atoms with Crippen LogP contribution in [0, 0.1) is 13.8 Å². The van der Waals surface area contributed by atoms with E-state index in [2.05, 4.69) is 15.2 Å². The molecule has 0 unspecified atom stereocenters. The van der Waals surface area contributed by atoms with Gasteiger partial charge in [0.1, 0.15) is 0 Å². The van der Waals surface area contributed by atoms with Gasteiger partial charge in [0.15, 0.2) is 0 Å². The first kappa shape index (κ1) is 20.8. The van der Waals surface area contributed by atoms with Gasteiger partial charge in [-0.1, -0.05) is 30.3 Å². The molecule has 29 heavy (non-hydrogen) atoms. The van der Waals surface area contributed by atoms with Gasteiger partial charge in [-0.05, 0) is 56.2 Å². The quantitative estimate of drug-likeness (QED) is 0.454. The number of hydrazone groups is 1. The lowest BCUT2D eigenvalue weighted by molar-refractivity contribution is 0.0954. The highest BCUT2D eigenvalue weighted by Gasteiger charge is 2.14. The third-order valence-electron chi connectivity index (χ3n) is 4.44. The zero-order chi connectivity index (χ0) is 21.0. The first-order valence-corrected chi connectivity index (χ1v) is 11.2. The van der Waals surface area contributed by atoms with Crippen LogP contribution in [0.25, 0.3) is 0 Å². The minimum Gasteiger partial charge on any atom is -0.280 e. The van der Waals surface area contributed by atoms with Crippen LogP contribution in [0.1, 0.15) is 33.3 Å². The van der Waals surface area contributed by atoms with Crippen LogP contribution in [0.3, 0.4) is 0 Å². The van der Waals surface area contributed by atoms with Crippen LogP contribution >= 0.6 is 11.3 Å². The lowest BCUT2D eigenvalue weighted by atomic mass is 10.1. The van der Waals surface area contributed by atoms with Crippen LogP contribution in [0.15, 0.2) is 70.0 Å². The fourth-order valence-corrected chi connectivity index (χ4v) is 4.55. The van der Waals surface area contributed by atoms with Crippen molar-refractivity contribution in [3.63, 3.8) is 0 Å². The average molecular weight is 428 g/mol. The van der Waals surface area contributed by atoms with E-state index in [-0.39, 0.29) is 10.8 Å². The number of nitrogens with zero attached hydrogens (tertiary/aromatic N) is 1. The third kappa shape index (κ3) is 4.90. The first-order chi connectivity index (χ1) is 13.8. The standard InChI is InChI=1S/C21H21N3O3S2/c1-14-16(3)28-13-20(14)21(25)23-22-15(2)17-8-7-9-18(12-17)24-29(26,27)19-10-5-4-6-11-19/h4-13,24H,1-3H3,(H,23,25). The first-order valence-electron chi connectivity index (χ1n) is 8.85. The van der Waals surface area contributed by atoms with E-state index in [1.165, 1.54) is 23.5 Å². The number of rotatable bonds is 6. The molecule has 0 saturated carbocycles. The van der Waals surface area contributed by atoms with Crippen molar-refractivity contribution in [1.82, 2.24) is 5.43 Å². The lowest BCUT2D eigenvalue weighted by Crippen LogP contribution is -2.19. The highest BCUT2D eigenvalue weighted by molar-refractivity contribution is 7.92. The molecule has 0 aliphatic carbocycles. The summed E-state index contributed by atoms with van der Waals surface area (Å²) in [7, 11) is -3.68. The van der Waals surface area contributed by atoms with E-state index in [0.717, 1.165) is 10.4 Å². The molecule has 0 aliphatic heterocycles. The van der Waals surface area contributed by atoms with E-state index in [4.69, 9.17) is 0 Å². The molecule has 2 aromatic carbocycles. The molecule has 0 radical (unpaired) electrons. The van der Waals surface area contributed by atoms with Gasteiger partial charge in [0.2, 0.25) is 0 Å². The number of hydrogen-bond donors (Lipinski definition) is 2. The van der Waals surface area contributed by atoms with Gasteiger partial charge in [-0.2, -0.15) is 5.10 Å². The molecule has 0 aliphatic rings. The van der Waals surface area contributed by atoms with E-state index in [9.17, 15) is 13.2 Å². The highest BCUT2D eigenvalue weighted by Crippen LogP contribution is 2.20. The number of hydrogen-bond acceptors (Lipinski definition) is 5. The van der Waals surface area contributed by atoms with Crippen LogP contribution in [0.4, 0.5) is 5.69 Å². The van der Waals surface area contributed by atoms with Crippen molar-refractivity contribution in [2.75, 3.05) is 4.72 Å². The van der Waals surface area contributed by atoms with Gasteiger partial charge in [-0.25, -0.2) is 13.8 Å². The van der Waals surface area contributed by atoms with Crippen molar-refractivity contribution in [1.29, 1.82) is 0 Å². The molecule has 2 N–H and O–H groups in total. The average Bonchev–Trinajstić information content (AvgIpc) is 3.05. The highest BCUT2D eigenvalue weighted by atomic mass is 32.2. The van der Waals surface area contributed by atoms with Crippen molar-refractivity contribution in [3.05, 3.63) is 81.5 Å². The molecule has 1 aromatic heterocycles. The molecular weight excluding hydrogens is 406 g/mol. The summed E-state index contributed by atoms with van der Waals surface area (Å²) in [6.07, 6.45) is 0. The summed E-state index contributed by atoms with van der Waals surface area (Å²) in [6.45, 7) is 5.61. The zero-order valence-corrected chi connectivity index (χ0v) is 17.9. The van der Waals surface area contributed by atoms with Crippen LogP contribution < -0.4 is 10.1 Å². The van der Waals surface area contributed by atoms with Gasteiger partial charge in [-0.15, -0.1) is 11.3 Å². The van der Waals surface area contributed by atoms with Crippen LogP contribution in [-0.2, 0) is 10.0 Å². The minimum atomic E-state index is -3.68. The molecule has 8 heteroatoms. The minimum absolute atomic E-state index is 0.185. The lowest BCUT2D eigenvalue weighted by Gasteiger charge is -2.10. The van der Waals surface area contributed by atoms with Crippen LogP contribution in [0.2, 0.25) is 0 Å². The smallest absolute Gasteiger partial charge is 0.272 e. The Kier molecular flexibility index (Phi) is 6.14. The Hall–Kier alpha value is -2.97. The number of benzene rings is 2. The van der Waals surface area contributed by atoms with Gasteiger partial charge in [0.05, 0.1) is 16.2 Å². The zero-order valence-electron chi connectivity index (χ0n) is 16.3. The predicted octanol–water partition coefficient (Wildman–Crippen LogP) is 4.32. The van der Waals surface area contributed by atoms with Crippen molar-refractivity contribution in [2.45, 2.75) is 25.7 Å². The van der Waals surface area contributed by atoms with Gasteiger partial charge in [0.25, 0.3) is 15.9 Å². The fourth-order valence-electron chi connectivity index (χ4n) is 2.62. The SMILES string of the molecule is CC(=NNC(=O)c1csc(C)c1C)c1cccc(NS(=O)(=O)c2ccccc2)c1. The number of thiophene rings is 1. The molecule has 3 aromatic rings. The Morgan fingerprint density at radius 2 is 1.76 bits per heavy atom. The van der Waals surface area contributed by atoms with E-state index in [0.29, 0.717) is 22.5 Å². The monoisotopic (exact) mass is 427 g/mol. The molecule has 0 spiro atoms. The fraction of sp³-hybridized carbons (Fsp3) is 0.143. The topological polar surface area (TPSA) is 87.6 Å². The Labute approximate surface area is 174 Å². The maximum atomic E-state index is 12.5. The Morgan fingerprint density at radius 3 is 2.41 bits per heavy atom. The molecule has 1 heterocycles. The number of nitrogens with one attached hydrogen (secondary N) is 2. The van der Waals surface area contributed by atoms with Crippen LogP contribution in [0.5, 0.6) is 0 Å². The van der Waals surface area contributed by atoms with Crippen molar-refractivity contribution >= 4 is 38.7 Å². The number of amides is 1. The van der Waals surface area contributed by atoms with E-state index in [1.807, 2.05) is 19.2 Å². The second-order valence-corrected chi connectivity index (χ2v) is 9.23. The van der Waals surface area contributed by atoms with Gasteiger partial charge in [0, 0.05) is 15.9 Å². The summed E-state index contributed by atoms with van der Waals surface area (Å²) in [5.74, 6) is -0.271. The van der Waals surface area contributed by atoms with Crippen molar-refractivity contribution in [2.24, 2.45) is 5.10 Å². The molecule has 1 amide bonds. The number of sulfonamides is 1. The third-order valence-corrected chi connectivity index (χ3v) is 6.85. The summed E-state index contributed by atoms with van der Waals surface area (Å²) in [6, 6.07) is 15.0. The number of anilines is 1. The van der Waals surface area contributed by atoms with Crippen molar-refractivity contribution in [3.8, 4) is 0 Å². The van der Waals surface area contributed by atoms with Gasteiger partial charge < -0.3 is 0 Å². The Bertz CT molecular complexity index is 1170. The van der Waals surface area contributed by atoms with E-state index in [1.54, 1.807) is 49.4 Å². The molecule has 6 nitrogen and oxygen atoms in total. The second-order valence-electron chi connectivity index (χ2n) is 6.47. The Balaban J connectivity index is 1.75. The summed E-state index contributed by atoms with van der Waals surface area (Å²) < 4.78 is 27.5. The number of carbonyl (C=O) groups excluding carboxylic acids is 1. The maximum absolute atomic E-state index is 12.5. The second kappa shape index (κ2) is 8.59. The summed E-state index contributed by atoms with van der Waals surface area (Å²) in [4.78, 5) is 13.6. The number of carbonyl (C=O) groups is 1. The Morgan fingerprint density at radius 1 is 1.03 bits per heavy atom. The molecule has 0 saturated heterocycles. The molecule has 150 valence electrons. The summed E-state index contributed by atoms with van der Waals surface area (Å²) in [5.41, 5.74) is 5.77. The van der Waals surface area contributed by atoms with Crippen molar-refractivity contribution < 1.29 is 13.2 Å². The summed E-state index contributed by atoms with van der Waals surface area (Å²) >= 11 is 1.52. The predicted molar refractivity (Wildman–Crippen MR) is 117 cm³/mol. The normalized spacial score (nSPS) is 11.9. The summed E-state index contributed by atoms with van der Waals surface area (Å²) in [5, 5.41) is 5.97. The maximum Gasteiger partial charge on any atom is 0.272 e. The molecule has 3 rings (SSSR count). The largest absolute Gasteiger partial charge is 0.280 e. The van der Waals surface area contributed by atoms with Crippen LogP contribution in [-0.4, -0.2) is 20.0 Å². The number of aryl methyl sites for hydroxylation is 1. The molecular formula is C21H21N3O3S2. The molecule has 0 fully saturated rings. The van der Waals surface area contributed by atoms with Gasteiger partial charge >= 0.3 is 0 Å². The van der Waals surface area contributed by atoms with Gasteiger partial charge in [-0.3, -0.25) is 9.52 Å². The molecule has 0 atom stereocenters.